The lowest BCUT2D eigenvalue weighted by Gasteiger charge is -2.21. The van der Waals surface area contributed by atoms with Crippen LogP contribution in [0, 0.1) is 5.92 Å². The van der Waals surface area contributed by atoms with Gasteiger partial charge in [-0.3, -0.25) is 37.3 Å². The molecule has 0 spiro atoms. The quantitative estimate of drug-likeness (QED) is 0.0222. The van der Waals surface area contributed by atoms with Gasteiger partial charge in [-0.25, -0.2) is 9.13 Å². The van der Waals surface area contributed by atoms with Crippen molar-refractivity contribution in [1.82, 2.24) is 0 Å². The number of aliphatic hydroxyl groups is 1. The van der Waals surface area contributed by atoms with E-state index >= 15 is 0 Å². The van der Waals surface area contributed by atoms with Crippen LogP contribution in [-0.2, 0) is 65.4 Å². The Morgan fingerprint density at radius 2 is 0.590 bits per heavy atom. The number of unbranched alkanes of at least 4 members (excludes halogenated alkanes) is 31. The summed E-state index contributed by atoms with van der Waals surface area (Å²) in [7, 11) is -9.87. The summed E-state index contributed by atoms with van der Waals surface area (Å²) in [6.45, 7) is 7.08. The van der Waals surface area contributed by atoms with Gasteiger partial charge in [0.25, 0.3) is 0 Å². The van der Waals surface area contributed by atoms with E-state index in [4.69, 9.17) is 37.0 Å². The molecule has 0 bridgehead atoms. The van der Waals surface area contributed by atoms with E-state index in [0.29, 0.717) is 25.7 Å². The topological polar surface area (TPSA) is 237 Å². The Bertz CT molecular complexity index is 1530. The van der Waals surface area contributed by atoms with E-state index in [-0.39, 0.29) is 25.7 Å². The van der Waals surface area contributed by atoms with Crippen LogP contribution < -0.4 is 0 Å². The summed E-state index contributed by atoms with van der Waals surface area (Å²) in [4.78, 5) is 71.8. The predicted molar refractivity (Wildman–Crippen MR) is 308 cm³/mol. The summed E-state index contributed by atoms with van der Waals surface area (Å²) >= 11 is 0. The smallest absolute Gasteiger partial charge is 0.462 e. The number of phosphoric acid groups is 2. The first kappa shape index (κ1) is 76.1. The van der Waals surface area contributed by atoms with Crippen molar-refractivity contribution in [2.45, 2.75) is 310 Å². The van der Waals surface area contributed by atoms with E-state index in [2.05, 4.69) is 34.6 Å². The Morgan fingerprint density at radius 3 is 0.872 bits per heavy atom. The van der Waals surface area contributed by atoms with Crippen LogP contribution in [0.25, 0.3) is 0 Å². The number of phosphoric ester groups is 2. The average molecular weight is 1160 g/mol. The number of aliphatic hydroxyl groups excluding tert-OH is 1. The molecule has 0 heterocycles. The van der Waals surface area contributed by atoms with Crippen molar-refractivity contribution in [3.05, 3.63) is 0 Å². The van der Waals surface area contributed by atoms with Gasteiger partial charge in [-0.2, -0.15) is 0 Å². The van der Waals surface area contributed by atoms with Crippen molar-refractivity contribution in [2.24, 2.45) is 5.92 Å². The van der Waals surface area contributed by atoms with Crippen LogP contribution in [0.4, 0.5) is 0 Å². The van der Waals surface area contributed by atoms with Gasteiger partial charge >= 0.3 is 39.5 Å². The van der Waals surface area contributed by atoms with E-state index in [9.17, 15) is 43.2 Å². The highest BCUT2D eigenvalue weighted by Crippen LogP contribution is 2.45. The number of carbonyl (C=O) groups excluding carboxylic acids is 4. The Morgan fingerprint density at radius 1 is 0.346 bits per heavy atom. The molecule has 0 aromatic heterocycles. The molecule has 0 saturated heterocycles. The van der Waals surface area contributed by atoms with Crippen molar-refractivity contribution in [2.75, 3.05) is 39.6 Å². The van der Waals surface area contributed by atoms with Crippen molar-refractivity contribution in [3.8, 4) is 0 Å². The Kier molecular flexibility index (Phi) is 51.8. The third kappa shape index (κ3) is 53.4. The van der Waals surface area contributed by atoms with Crippen LogP contribution in [0.1, 0.15) is 291 Å². The zero-order chi connectivity index (χ0) is 57.8. The number of ether oxygens (including phenoxy) is 4. The summed E-state index contributed by atoms with van der Waals surface area (Å²) in [5.74, 6) is -1.39. The zero-order valence-electron chi connectivity index (χ0n) is 49.8. The van der Waals surface area contributed by atoms with Crippen LogP contribution in [0.2, 0.25) is 0 Å². The molecule has 5 atom stereocenters. The first-order valence-corrected chi connectivity index (χ1v) is 34.1. The minimum absolute atomic E-state index is 0.105. The summed E-state index contributed by atoms with van der Waals surface area (Å²) in [6, 6.07) is 0. The van der Waals surface area contributed by atoms with E-state index in [0.717, 1.165) is 109 Å². The summed E-state index contributed by atoms with van der Waals surface area (Å²) < 4.78 is 67.6. The van der Waals surface area contributed by atoms with E-state index < -0.39 is 97.5 Å². The fourth-order valence-electron chi connectivity index (χ4n) is 8.70. The minimum Gasteiger partial charge on any atom is -0.462 e. The molecule has 0 aromatic carbocycles. The highest BCUT2D eigenvalue weighted by Gasteiger charge is 2.30. The number of rotatable bonds is 59. The zero-order valence-corrected chi connectivity index (χ0v) is 51.6. The molecule has 0 fully saturated rings. The molecule has 0 rings (SSSR count). The molecule has 0 aromatic rings. The lowest BCUT2D eigenvalue weighted by molar-refractivity contribution is -0.161. The molecular weight excluding hydrogens is 1040 g/mol. The number of hydrogen-bond donors (Lipinski definition) is 3. The number of esters is 4. The molecule has 78 heavy (non-hydrogen) atoms. The van der Waals surface area contributed by atoms with Crippen LogP contribution in [0.15, 0.2) is 0 Å². The second-order valence-corrected chi connectivity index (χ2v) is 24.8. The molecule has 2 unspecified atom stereocenters. The third-order valence-corrected chi connectivity index (χ3v) is 15.4. The molecule has 0 aliphatic carbocycles. The van der Waals surface area contributed by atoms with Crippen molar-refractivity contribution in [3.63, 3.8) is 0 Å². The van der Waals surface area contributed by atoms with Gasteiger partial charge in [0, 0.05) is 25.7 Å². The lowest BCUT2D eigenvalue weighted by atomic mass is 10.0. The van der Waals surface area contributed by atoms with Crippen LogP contribution in [0.3, 0.4) is 0 Å². The van der Waals surface area contributed by atoms with E-state index in [1.807, 2.05) is 0 Å². The average Bonchev–Trinajstić information content (AvgIpc) is 3.40. The Labute approximate surface area is 473 Å². The molecule has 17 nitrogen and oxygen atoms in total. The molecule has 462 valence electrons. The van der Waals surface area contributed by atoms with Gasteiger partial charge in [0.05, 0.1) is 26.4 Å². The van der Waals surface area contributed by atoms with Gasteiger partial charge in [-0.05, 0) is 31.6 Å². The highest BCUT2D eigenvalue weighted by molar-refractivity contribution is 7.47. The molecule has 19 heteroatoms. The largest absolute Gasteiger partial charge is 0.472 e. The van der Waals surface area contributed by atoms with Crippen molar-refractivity contribution < 1.29 is 80.2 Å². The van der Waals surface area contributed by atoms with Gasteiger partial charge in [0.2, 0.25) is 0 Å². The number of hydrogen-bond acceptors (Lipinski definition) is 15. The second kappa shape index (κ2) is 53.1. The van der Waals surface area contributed by atoms with Crippen molar-refractivity contribution in [1.29, 1.82) is 0 Å². The third-order valence-electron chi connectivity index (χ3n) is 13.5. The van der Waals surface area contributed by atoms with Gasteiger partial charge in [-0.15, -0.1) is 0 Å². The first-order valence-electron chi connectivity index (χ1n) is 31.1. The maximum atomic E-state index is 12.9. The maximum absolute atomic E-state index is 12.9. The standard InChI is InChI=1S/C59H114O17P2/c1-6-9-12-15-18-23-29-33-38-43-57(62)70-49-55(76-59(64)45-40-35-30-25-22-21-24-26-31-36-41-52(4)5)51-74-78(67,68)72-47-53(60)46-71-77(65,66)73-50-54(75-58(63)44-39-34-28-20-17-14-11-8-3)48-69-56(61)42-37-32-27-19-16-13-10-7-2/h52-55,60H,6-51H2,1-5H3,(H,65,66)(H,67,68)/t53-,54+,55+/m0/s1. The van der Waals surface area contributed by atoms with Gasteiger partial charge in [0.15, 0.2) is 12.2 Å². The van der Waals surface area contributed by atoms with Crippen LogP contribution in [0.5, 0.6) is 0 Å². The molecule has 0 aliphatic heterocycles. The molecular formula is C59H114O17P2. The SMILES string of the molecule is CCCCCCCCCCCC(=O)OC[C@H](COP(=O)(O)OC[C@@H](O)COP(=O)(O)OC[C@@H](COC(=O)CCCCCCCCCC)OC(=O)CCCCCCCCCC)OC(=O)CCCCCCCCCCCCC(C)C. The van der Waals surface area contributed by atoms with Crippen LogP contribution >= 0.6 is 15.6 Å². The van der Waals surface area contributed by atoms with Crippen LogP contribution in [-0.4, -0.2) is 96.7 Å². The normalized spacial score (nSPS) is 14.4. The molecule has 0 saturated carbocycles. The Balaban J connectivity index is 5.20. The fraction of sp³-hybridized carbons (Fsp3) is 0.932. The van der Waals surface area contributed by atoms with Crippen molar-refractivity contribution >= 4 is 39.5 Å². The monoisotopic (exact) mass is 1160 g/mol. The molecule has 0 aliphatic rings. The number of carbonyl (C=O) groups is 4. The predicted octanol–water partition coefficient (Wildman–Crippen LogP) is 15.8. The summed E-state index contributed by atoms with van der Waals surface area (Å²) in [5, 5.41) is 10.5. The van der Waals surface area contributed by atoms with E-state index in [1.54, 1.807) is 0 Å². The second-order valence-electron chi connectivity index (χ2n) is 21.9. The first-order chi connectivity index (χ1) is 37.5. The maximum Gasteiger partial charge on any atom is 0.472 e. The van der Waals surface area contributed by atoms with Gasteiger partial charge in [-0.1, -0.05) is 240 Å². The highest BCUT2D eigenvalue weighted by atomic mass is 31.2. The van der Waals surface area contributed by atoms with Gasteiger partial charge < -0.3 is 33.8 Å². The van der Waals surface area contributed by atoms with E-state index in [1.165, 1.54) is 103 Å². The lowest BCUT2D eigenvalue weighted by Crippen LogP contribution is -2.30. The van der Waals surface area contributed by atoms with Gasteiger partial charge in [0.1, 0.15) is 19.3 Å². The summed E-state index contributed by atoms with van der Waals surface area (Å²) in [6.07, 6.45) is 34.9. The molecule has 0 amide bonds. The molecule has 3 N–H and O–H groups in total. The minimum atomic E-state index is -4.94. The summed E-state index contributed by atoms with van der Waals surface area (Å²) in [5.41, 5.74) is 0. The fourth-order valence-corrected chi connectivity index (χ4v) is 10.3. The Hall–Kier alpha value is -1.94. The molecule has 0 radical (unpaired) electrons.